The number of rotatable bonds is 4. The van der Waals surface area contributed by atoms with E-state index in [1.54, 1.807) is 14.2 Å². The molecule has 0 fully saturated rings. The van der Waals surface area contributed by atoms with Crippen molar-refractivity contribution in [1.82, 2.24) is 0 Å². The minimum atomic E-state index is 0.273. The molecule has 3 nitrogen and oxygen atoms in total. The van der Waals surface area contributed by atoms with Crippen LogP contribution < -0.4 is 15.2 Å². The van der Waals surface area contributed by atoms with E-state index < -0.39 is 0 Å². The van der Waals surface area contributed by atoms with E-state index in [0.29, 0.717) is 6.54 Å². The molecule has 15 heavy (non-hydrogen) atoms. The lowest BCUT2D eigenvalue weighted by molar-refractivity contribution is 0.348. The third-order valence-corrected chi connectivity index (χ3v) is 2.63. The quantitative estimate of drug-likeness (QED) is 0.825. The van der Waals surface area contributed by atoms with Gasteiger partial charge in [-0.15, -0.1) is 0 Å². The lowest BCUT2D eigenvalue weighted by Gasteiger charge is -2.18. The van der Waals surface area contributed by atoms with E-state index in [9.17, 15) is 0 Å². The predicted molar refractivity (Wildman–Crippen MR) is 61.8 cm³/mol. The Morgan fingerprint density at radius 3 is 2.27 bits per heavy atom. The first-order valence-electron chi connectivity index (χ1n) is 5.07. The van der Waals surface area contributed by atoms with Crippen molar-refractivity contribution in [2.24, 2.45) is 5.73 Å². The fourth-order valence-corrected chi connectivity index (χ4v) is 1.66. The van der Waals surface area contributed by atoms with Crippen LogP contribution in [0.3, 0.4) is 0 Å². The van der Waals surface area contributed by atoms with E-state index in [1.165, 1.54) is 0 Å². The fourth-order valence-electron chi connectivity index (χ4n) is 1.66. The summed E-state index contributed by atoms with van der Waals surface area (Å²) in [4.78, 5) is 0. The normalized spacial score (nSPS) is 12.3. The van der Waals surface area contributed by atoms with Gasteiger partial charge < -0.3 is 15.2 Å². The highest BCUT2D eigenvalue weighted by Gasteiger charge is 2.16. The Kier molecular flexibility index (Phi) is 3.97. The summed E-state index contributed by atoms with van der Waals surface area (Å²) in [7, 11) is 3.31. The zero-order chi connectivity index (χ0) is 11.4. The van der Waals surface area contributed by atoms with Crippen LogP contribution in [0.2, 0.25) is 0 Å². The van der Waals surface area contributed by atoms with Crippen LogP contribution in [0.1, 0.15) is 24.0 Å². The number of methoxy groups -OCH3 is 2. The molecule has 1 rings (SSSR count). The lowest BCUT2D eigenvalue weighted by atomic mass is 9.98. The van der Waals surface area contributed by atoms with Gasteiger partial charge in [0.15, 0.2) is 11.5 Å². The molecule has 1 unspecified atom stereocenters. The molecule has 0 heterocycles. The highest BCUT2D eigenvalue weighted by atomic mass is 16.5. The minimum Gasteiger partial charge on any atom is -0.493 e. The number of ether oxygens (including phenoxy) is 2. The van der Waals surface area contributed by atoms with E-state index in [1.807, 2.05) is 19.1 Å². The molecule has 1 aromatic carbocycles. The van der Waals surface area contributed by atoms with Gasteiger partial charge in [0.05, 0.1) is 14.2 Å². The van der Waals surface area contributed by atoms with Crippen molar-refractivity contribution in [3.8, 4) is 11.5 Å². The largest absolute Gasteiger partial charge is 0.493 e. The second kappa shape index (κ2) is 5.03. The van der Waals surface area contributed by atoms with Gasteiger partial charge in [0.25, 0.3) is 0 Å². The Bertz CT molecular complexity index is 337. The van der Waals surface area contributed by atoms with Crippen molar-refractivity contribution in [2.45, 2.75) is 19.8 Å². The van der Waals surface area contributed by atoms with Gasteiger partial charge in [0, 0.05) is 5.56 Å². The van der Waals surface area contributed by atoms with Gasteiger partial charge in [-0.2, -0.15) is 0 Å². The van der Waals surface area contributed by atoms with E-state index in [2.05, 4.69) is 6.92 Å². The number of benzene rings is 1. The van der Waals surface area contributed by atoms with Gasteiger partial charge in [-0.1, -0.05) is 19.1 Å². The molecule has 0 amide bonds. The zero-order valence-corrected chi connectivity index (χ0v) is 9.83. The second-order valence-electron chi connectivity index (χ2n) is 3.67. The average Bonchev–Trinajstić information content (AvgIpc) is 2.27. The van der Waals surface area contributed by atoms with Crippen molar-refractivity contribution >= 4 is 0 Å². The molecule has 84 valence electrons. The number of hydrogen-bond donors (Lipinski definition) is 1. The number of nitrogens with two attached hydrogens (primary N) is 1. The van der Waals surface area contributed by atoms with Crippen LogP contribution in [-0.2, 0) is 0 Å². The molecule has 3 heteroatoms. The summed E-state index contributed by atoms with van der Waals surface area (Å²) in [5.74, 6) is 1.88. The Hall–Kier alpha value is -1.22. The fraction of sp³-hybridized carbons (Fsp3) is 0.500. The summed E-state index contributed by atoms with van der Waals surface area (Å²) >= 11 is 0. The first-order chi connectivity index (χ1) is 7.15. The molecule has 0 aliphatic rings. The Morgan fingerprint density at radius 2 is 1.80 bits per heavy atom. The van der Waals surface area contributed by atoms with Gasteiger partial charge >= 0.3 is 0 Å². The number of aryl methyl sites for hydroxylation is 1. The van der Waals surface area contributed by atoms with Crippen LogP contribution in [-0.4, -0.2) is 20.8 Å². The summed E-state index contributed by atoms with van der Waals surface area (Å²) in [5.41, 5.74) is 7.83. The van der Waals surface area contributed by atoms with Gasteiger partial charge in [0.1, 0.15) is 0 Å². The molecule has 2 N–H and O–H groups in total. The Morgan fingerprint density at radius 1 is 1.20 bits per heavy atom. The van der Waals surface area contributed by atoms with Crippen LogP contribution in [0.5, 0.6) is 11.5 Å². The molecule has 0 saturated heterocycles. The third kappa shape index (κ3) is 2.23. The summed E-state index contributed by atoms with van der Waals surface area (Å²) < 4.78 is 10.7. The average molecular weight is 209 g/mol. The van der Waals surface area contributed by atoms with E-state index >= 15 is 0 Å². The second-order valence-corrected chi connectivity index (χ2v) is 3.67. The van der Waals surface area contributed by atoms with Crippen molar-refractivity contribution < 1.29 is 9.47 Å². The summed E-state index contributed by atoms with van der Waals surface area (Å²) in [6, 6.07) is 4.08. The molecule has 1 atom stereocenters. The van der Waals surface area contributed by atoms with Crippen LogP contribution >= 0.6 is 0 Å². The summed E-state index contributed by atoms with van der Waals surface area (Å²) in [6.45, 7) is 4.67. The molecule has 1 aromatic rings. The van der Waals surface area contributed by atoms with Crippen LogP contribution in [0.4, 0.5) is 0 Å². The maximum Gasteiger partial charge on any atom is 0.164 e. The first kappa shape index (κ1) is 11.9. The maximum atomic E-state index is 5.66. The Balaban J connectivity index is 3.28. The van der Waals surface area contributed by atoms with Crippen LogP contribution in [0.25, 0.3) is 0 Å². The molecule has 0 bridgehead atoms. The zero-order valence-electron chi connectivity index (χ0n) is 9.83. The van der Waals surface area contributed by atoms with Gasteiger partial charge in [-0.05, 0) is 24.9 Å². The van der Waals surface area contributed by atoms with Crippen molar-refractivity contribution in [3.63, 3.8) is 0 Å². The van der Waals surface area contributed by atoms with Gasteiger partial charge in [-0.3, -0.25) is 0 Å². The topological polar surface area (TPSA) is 44.5 Å². The highest BCUT2D eigenvalue weighted by molar-refractivity contribution is 5.52. The van der Waals surface area contributed by atoms with Crippen molar-refractivity contribution in [1.29, 1.82) is 0 Å². The van der Waals surface area contributed by atoms with E-state index in [4.69, 9.17) is 15.2 Å². The minimum absolute atomic E-state index is 0.273. The molecule has 0 aromatic heterocycles. The Labute approximate surface area is 91.2 Å². The van der Waals surface area contributed by atoms with E-state index in [0.717, 1.165) is 22.6 Å². The summed E-state index contributed by atoms with van der Waals surface area (Å²) in [6.07, 6.45) is 0. The molecule has 0 spiro atoms. The molecule has 0 aliphatic carbocycles. The highest BCUT2D eigenvalue weighted by Crippen LogP contribution is 2.37. The van der Waals surface area contributed by atoms with E-state index in [-0.39, 0.29) is 5.92 Å². The number of hydrogen-bond acceptors (Lipinski definition) is 3. The monoisotopic (exact) mass is 209 g/mol. The summed E-state index contributed by atoms with van der Waals surface area (Å²) in [5, 5.41) is 0. The SMILES string of the molecule is COc1c(C)ccc(C(C)CN)c1OC. The van der Waals surface area contributed by atoms with Gasteiger partial charge in [-0.25, -0.2) is 0 Å². The third-order valence-electron chi connectivity index (χ3n) is 2.63. The van der Waals surface area contributed by atoms with Crippen molar-refractivity contribution in [2.75, 3.05) is 20.8 Å². The van der Waals surface area contributed by atoms with Gasteiger partial charge in [0.2, 0.25) is 0 Å². The molecule has 0 radical (unpaired) electrons. The molecule has 0 saturated carbocycles. The predicted octanol–water partition coefficient (Wildman–Crippen LogP) is 2.07. The van der Waals surface area contributed by atoms with Crippen LogP contribution in [0, 0.1) is 6.92 Å². The smallest absolute Gasteiger partial charge is 0.164 e. The lowest BCUT2D eigenvalue weighted by Crippen LogP contribution is -2.10. The molecular weight excluding hydrogens is 190 g/mol. The first-order valence-corrected chi connectivity index (χ1v) is 5.07. The molecular formula is C12H19NO2. The van der Waals surface area contributed by atoms with Crippen molar-refractivity contribution in [3.05, 3.63) is 23.3 Å². The maximum absolute atomic E-state index is 5.66. The molecule has 0 aliphatic heterocycles. The van der Waals surface area contributed by atoms with Crippen LogP contribution in [0.15, 0.2) is 12.1 Å². The standard InChI is InChI=1S/C12H19NO2/c1-8-5-6-10(9(2)7-13)12(15-4)11(8)14-3/h5-6,9H,7,13H2,1-4H3.